The van der Waals surface area contributed by atoms with Crippen LogP contribution in [0.15, 0.2) is 12.1 Å². The highest BCUT2D eigenvalue weighted by atomic mass is 16.1. The van der Waals surface area contributed by atoms with Crippen molar-refractivity contribution in [3.8, 4) is 0 Å². The molecule has 2 rings (SSSR count). The minimum Gasteiger partial charge on any atom is -0.384 e. The Kier molecular flexibility index (Phi) is 4.40. The molecule has 0 aromatic carbocycles. The molecule has 104 valence electrons. The van der Waals surface area contributed by atoms with Crippen molar-refractivity contribution in [1.29, 1.82) is 0 Å². The first kappa shape index (κ1) is 13.8. The van der Waals surface area contributed by atoms with Gasteiger partial charge in [0.2, 0.25) is 0 Å². The van der Waals surface area contributed by atoms with Gasteiger partial charge in [-0.15, -0.1) is 0 Å². The van der Waals surface area contributed by atoms with Crippen molar-refractivity contribution in [3.63, 3.8) is 0 Å². The SMILES string of the molecule is CC(C)c1cc(C(=O)NC2CCCCC2)cc(N)n1. The Labute approximate surface area is 114 Å². The normalized spacial score (nSPS) is 16.6. The van der Waals surface area contributed by atoms with E-state index in [4.69, 9.17) is 5.73 Å². The molecule has 4 nitrogen and oxygen atoms in total. The van der Waals surface area contributed by atoms with E-state index in [9.17, 15) is 4.79 Å². The average molecular weight is 261 g/mol. The monoisotopic (exact) mass is 261 g/mol. The molecule has 1 aromatic rings. The number of rotatable bonds is 3. The Bertz CT molecular complexity index is 451. The molecule has 19 heavy (non-hydrogen) atoms. The molecule has 0 saturated heterocycles. The summed E-state index contributed by atoms with van der Waals surface area (Å²) in [5.74, 6) is 0.660. The smallest absolute Gasteiger partial charge is 0.251 e. The lowest BCUT2D eigenvalue weighted by molar-refractivity contribution is 0.0927. The summed E-state index contributed by atoms with van der Waals surface area (Å²) in [6, 6.07) is 3.82. The third-order valence-corrected chi connectivity index (χ3v) is 3.66. The maximum Gasteiger partial charge on any atom is 0.251 e. The van der Waals surface area contributed by atoms with Gasteiger partial charge in [-0.05, 0) is 30.9 Å². The number of aromatic nitrogens is 1. The van der Waals surface area contributed by atoms with Crippen LogP contribution >= 0.6 is 0 Å². The number of hydrogen-bond donors (Lipinski definition) is 2. The van der Waals surface area contributed by atoms with Crippen molar-refractivity contribution in [1.82, 2.24) is 10.3 Å². The summed E-state index contributed by atoms with van der Waals surface area (Å²) in [5.41, 5.74) is 7.27. The molecule has 1 saturated carbocycles. The number of carbonyl (C=O) groups is 1. The number of amides is 1. The zero-order valence-corrected chi connectivity index (χ0v) is 11.8. The van der Waals surface area contributed by atoms with Gasteiger partial charge in [0.05, 0.1) is 0 Å². The molecular weight excluding hydrogens is 238 g/mol. The van der Waals surface area contributed by atoms with Gasteiger partial charge in [-0.2, -0.15) is 0 Å². The largest absolute Gasteiger partial charge is 0.384 e. The van der Waals surface area contributed by atoms with Gasteiger partial charge in [-0.25, -0.2) is 4.98 Å². The van der Waals surface area contributed by atoms with E-state index in [1.54, 1.807) is 6.07 Å². The Hall–Kier alpha value is -1.58. The van der Waals surface area contributed by atoms with Crippen molar-refractivity contribution >= 4 is 11.7 Å². The number of anilines is 1. The molecule has 1 aliphatic carbocycles. The molecule has 0 bridgehead atoms. The van der Waals surface area contributed by atoms with Crippen molar-refractivity contribution in [3.05, 3.63) is 23.4 Å². The van der Waals surface area contributed by atoms with Crippen molar-refractivity contribution in [2.75, 3.05) is 5.73 Å². The fourth-order valence-electron chi connectivity index (χ4n) is 2.52. The molecule has 3 N–H and O–H groups in total. The molecule has 0 radical (unpaired) electrons. The van der Waals surface area contributed by atoms with Crippen molar-refractivity contribution in [2.24, 2.45) is 0 Å². The van der Waals surface area contributed by atoms with Crippen LogP contribution in [-0.4, -0.2) is 16.9 Å². The van der Waals surface area contributed by atoms with Crippen LogP contribution in [0.5, 0.6) is 0 Å². The maximum atomic E-state index is 12.2. The lowest BCUT2D eigenvalue weighted by Crippen LogP contribution is -2.36. The number of nitrogens with two attached hydrogens (primary N) is 1. The van der Waals surface area contributed by atoms with Gasteiger partial charge in [0, 0.05) is 17.3 Å². The number of nitrogens with zero attached hydrogens (tertiary/aromatic N) is 1. The van der Waals surface area contributed by atoms with E-state index in [1.807, 2.05) is 19.9 Å². The van der Waals surface area contributed by atoms with Gasteiger partial charge in [0.1, 0.15) is 5.82 Å². The molecular formula is C15H23N3O. The number of carbonyl (C=O) groups excluding carboxylic acids is 1. The molecule has 0 aliphatic heterocycles. The van der Waals surface area contributed by atoms with Crippen LogP contribution in [0, 0.1) is 0 Å². The second kappa shape index (κ2) is 6.04. The van der Waals surface area contributed by atoms with E-state index >= 15 is 0 Å². The summed E-state index contributed by atoms with van der Waals surface area (Å²) >= 11 is 0. The summed E-state index contributed by atoms with van der Waals surface area (Å²) in [4.78, 5) is 16.5. The number of nitrogen functional groups attached to an aromatic ring is 1. The predicted octanol–water partition coefficient (Wildman–Crippen LogP) is 2.85. The average Bonchev–Trinajstić information content (AvgIpc) is 2.39. The van der Waals surface area contributed by atoms with Crippen LogP contribution in [0.25, 0.3) is 0 Å². The summed E-state index contributed by atoms with van der Waals surface area (Å²) < 4.78 is 0. The zero-order valence-electron chi connectivity index (χ0n) is 11.8. The lowest BCUT2D eigenvalue weighted by atomic mass is 9.95. The van der Waals surface area contributed by atoms with Crippen molar-refractivity contribution < 1.29 is 4.79 Å². The molecule has 1 aliphatic rings. The predicted molar refractivity (Wildman–Crippen MR) is 77.1 cm³/mol. The molecule has 1 heterocycles. The fraction of sp³-hybridized carbons (Fsp3) is 0.600. The molecule has 0 atom stereocenters. The third-order valence-electron chi connectivity index (χ3n) is 3.66. The van der Waals surface area contributed by atoms with Crippen LogP contribution in [0.2, 0.25) is 0 Å². The van der Waals surface area contributed by atoms with Crippen LogP contribution < -0.4 is 11.1 Å². The van der Waals surface area contributed by atoms with Crippen LogP contribution in [0.1, 0.15) is 67.9 Å². The molecule has 0 spiro atoms. The van der Waals surface area contributed by atoms with Crippen molar-refractivity contribution in [2.45, 2.75) is 57.9 Å². The van der Waals surface area contributed by atoms with E-state index in [2.05, 4.69) is 10.3 Å². The van der Waals surface area contributed by atoms with Gasteiger partial charge >= 0.3 is 0 Å². The highest BCUT2D eigenvalue weighted by molar-refractivity contribution is 5.95. The Balaban J connectivity index is 2.09. The topological polar surface area (TPSA) is 68.0 Å². The molecule has 1 aromatic heterocycles. The van der Waals surface area contributed by atoms with E-state index in [0.29, 0.717) is 17.4 Å². The molecule has 1 fully saturated rings. The standard InChI is InChI=1S/C15H23N3O/c1-10(2)13-8-11(9-14(16)18-13)15(19)17-12-6-4-3-5-7-12/h8-10,12H,3-7H2,1-2H3,(H2,16,18)(H,17,19). The van der Waals surface area contributed by atoms with Gasteiger partial charge in [0.15, 0.2) is 0 Å². The van der Waals surface area contributed by atoms with E-state index < -0.39 is 0 Å². The fourth-order valence-corrected chi connectivity index (χ4v) is 2.52. The summed E-state index contributed by atoms with van der Waals surface area (Å²) in [5, 5.41) is 3.11. The maximum absolute atomic E-state index is 12.2. The Morgan fingerprint density at radius 2 is 2.00 bits per heavy atom. The first-order valence-electron chi connectivity index (χ1n) is 7.14. The summed E-state index contributed by atoms with van der Waals surface area (Å²) in [6.07, 6.45) is 5.88. The van der Waals surface area contributed by atoms with Gasteiger partial charge in [-0.3, -0.25) is 4.79 Å². The van der Waals surface area contributed by atoms with Crippen LogP contribution in [-0.2, 0) is 0 Å². The first-order valence-corrected chi connectivity index (χ1v) is 7.14. The number of pyridine rings is 1. The van der Waals surface area contributed by atoms with E-state index in [-0.39, 0.29) is 11.8 Å². The highest BCUT2D eigenvalue weighted by Gasteiger charge is 2.17. The number of hydrogen-bond acceptors (Lipinski definition) is 3. The zero-order chi connectivity index (χ0) is 13.8. The van der Waals surface area contributed by atoms with Gasteiger partial charge in [-0.1, -0.05) is 33.1 Å². The first-order chi connectivity index (χ1) is 9.06. The minimum absolute atomic E-state index is 0.0251. The van der Waals surface area contributed by atoms with Crippen LogP contribution in [0.4, 0.5) is 5.82 Å². The summed E-state index contributed by atoms with van der Waals surface area (Å²) in [6.45, 7) is 4.09. The minimum atomic E-state index is -0.0251. The van der Waals surface area contributed by atoms with Gasteiger partial charge in [0.25, 0.3) is 5.91 Å². The molecule has 0 unspecified atom stereocenters. The summed E-state index contributed by atoms with van der Waals surface area (Å²) in [7, 11) is 0. The Morgan fingerprint density at radius 1 is 1.32 bits per heavy atom. The second-order valence-corrected chi connectivity index (χ2v) is 5.67. The Morgan fingerprint density at radius 3 is 2.63 bits per heavy atom. The highest BCUT2D eigenvalue weighted by Crippen LogP contribution is 2.19. The van der Waals surface area contributed by atoms with Gasteiger partial charge < -0.3 is 11.1 Å². The van der Waals surface area contributed by atoms with E-state index in [1.165, 1.54) is 19.3 Å². The lowest BCUT2D eigenvalue weighted by Gasteiger charge is -2.23. The molecule has 4 heteroatoms. The molecule has 1 amide bonds. The second-order valence-electron chi connectivity index (χ2n) is 5.67. The number of nitrogens with one attached hydrogen (secondary N) is 1. The van der Waals surface area contributed by atoms with Crippen LogP contribution in [0.3, 0.4) is 0 Å². The van der Waals surface area contributed by atoms with E-state index in [0.717, 1.165) is 18.5 Å². The quantitative estimate of drug-likeness (QED) is 0.879. The third kappa shape index (κ3) is 3.69.